The fraction of sp³-hybridized carbons (Fsp3) is 0.308. The van der Waals surface area contributed by atoms with Crippen LogP contribution in [0.15, 0.2) is 28.0 Å². The molecule has 2 heterocycles. The third-order valence-electron chi connectivity index (χ3n) is 2.90. The van der Waals surface area contributed by atoms with E-state index < -0.39 is 48.1 Å². The zero-order valence-electron chi connectivity index (χ0n) is 12.3. The minimum absolute atomic E-state index is 0. The van der Waals surface area contributed by atoms with Gasteiger partial charge in [-0.2, -0.15) is 13.2 Å². The van der Waals surface area contributed by atoms with Crippen LogP contribution in [0.25, 0.3) is 0 Å². The number of halogens is 5. The highest BCUT2D eigenvalue weighted by atomic mass is 32.1. The van der Waals surface area contributed by atoms with E-state index in [0.717, 1.165) is 12.4 Å². The van der Waals surface area contributed by atoms with Crippen molar-refractivity contribution in [3.05, 3.63) is 49.2 Å². The Morgan fingerprint density at radius 3 is 2.52 bits per heavy atom. The molecule has 2 aromatic rings. The second kappa shape index (κ2) is 7.17. The number of thiazole rings is 1. The third-order valence-corrected chi connectivity index (χ3v) is 3.82. The molecule has 0 fully saturated rings. The molecule has 1 amide bonds. The van der Waals surface area contributed by atoms with Gasteiger partial charge in [-0.25, -0.2) is 8.78 Å². The van der Waals surface area contributed by atoms with Crippen LogP contribution in [0.4, 0.5) is 27.6 Å². The molecule has 0 aliphatic rings. The van der Waals surface area contributed by atoms with Crippen LogP contribution in [-0.4, -0.2) is 27.9 Å². The lowest BCUT2D eigenvalue weighted by Gasteiger charge is -2.08. The normalized spacial score (nSPS) is 11.6. The predicted octanol–water partition coefficient (Wildman–Crippen LogP) is 2.24. The predicted molar refractivity (Wildman–Crippen MR) is 81.3 cm³/mol. The summed E-state index contributed by atoms with van der Waals surface area (Å²) in [5.41, 5.74) is -1.30. The maximum atomic E-state index is 13.5. The Hall–Kier alpha value is -2.50. The van der Waals surface area contributed by atoms with Gasteiger partial charge in [0, 0.05) is 19.9 Å². The van der Waals surface area contributed by atoms with Crippen molar-refractivity contribution in [3.8, 4) is 0 Å². The number of pyridine rings is 1. The minimum atomic E-state index is -4.64. The van der Waals surface area contributed by atoms with Gasteiger partial charge in [0.05, 0.1) is 12.2 Å². The molecular weight excluding hydrogens is 373 g/mol. The lowest BCUT2D eigenvalue weighted by molar-refractivity contribution is -0.140. The lowest BCUT2D eigenvalue weighted by atomic mass is 10.3. The maximum absolute atomic E-state index is 13.5. The van der Waals surface area contributed by atoms with Gasteiger partial charge in [0.2, 0.25) is 0 Å². The SMILES string of the molecule is O=C(Nc1cc(F)c(=O)n(CCF)c1)c1cn(CC(F)(F)F)c(=O)s1.[HH]. The number of rotatable bonds is 5. The Morgan fingerprint density at radius 1 is 1.24 bits per heavy atom. The fourth-order valence-corrected chi connectivity index (χ4v) is 2.65. The highest BCUT2D eigenvalue weighted by molar-refractivity contribution is 7.11. The van der Waals surface area contributed by atoms with E-state index in [0.29, 0.717) is 15.2 Å². The summed E-state index contributed by atoms with van der Waals surface area (Å²) in [6, 6.07) is 0.685. The first kappa shape index (κ1) is 18.8. The molecule has 0 atom stereocenters. The number of carbonyl (C=O) groups is 1. The molecule has 0 saturated carbocycles. The average Bonchev–Trinajstić information content (AvgIpc) is 2.84. The summed E-state index contributed by atoms with van der Waals surface area (Å²) in [6.07, 6.45) is -2.92. The largest absolute Gasteiger partial charge is 0.406 e. The van der Waals surface area contributed by atoms with E-state index in [9.17, 15) is 36.3 Å². The van der Waals surface area contributed by atoms with E-state index in [2.05, 4.69) is 5.32 Å². The van der Waals surface area contributed by atoms with Crippen molar-refractivity contribution in [1.29, 1.82) is 0 Å². The number of amides is 1. The van der Waals surface area contributed by atoms with Gasteiger partial charge in [-0.3, -0.25) is 19.0 Å². The molecule has 25 heavy (non-hydrogen) atoms. The van der Waals surface area contributed by atoms with Crippen molar-refractivity contribution in [2.75, 3.05) is 12.0 Å². The van der Waals surface area contributed by atoms with Crippen molar-refractivity contribution in [2.45, 2.75) is 19.3 Å². The van der Waals surface area contributed by atoms with Gasteiger partial charge in [0.15, 0.2) is 5.82 Å². The van der Waals surface area contributed by atoms with Crippen molar-refractivity contribution in [3.63, 3.8) is 0 Å². The summed E-state index contributed by atoms with van der Waals surface area (Å²) in [5.74, 6) is -2.21. The van der Waals surface area contributed by atoms with Crippen LogP contribution in [-0.2, 0) is 13.1 Å². The summed E-state index contributed by atoms with van der Waals surface area (Å²) >= 11 is 0.277. The van der Waals surface area contributed by atoms with Gasteiger partial charge >= 0.3 is 11.0 Å². The van der Waals surface area contributed by atoms with Gasteiger partial charge in [-0.1, -0.05) is 11.3 Å². The van der Waals surface area contributed by atoms with E-state index in [1.807, 2.05) is 0 Å². The van der Waals surface area contributed by atoms with Crippen LogP contribution in [0.2, 0.25) is 0 Å². The maximum Gasteiger partial charge on any atom is 0.406 e. The number of aromatic nitrogens is 2. The highest BCUT2D eigenvalue weighted by Crippen LogP contribution is 2.18. The number of aryl methyl sites for hydroxylation is 1. The Bertz CT molecular complexity index is 906. The Balaban J connectivity index is 0.00000338. The van der Waals surface area contributed by atoms with E-state index >= 15 is 0 Å². The van der Waals surface area contributed by atoms with Gasteiger partial charge in [0.1, 0.15) is 18.1 Å². The minimum Gasteiger partial charge on any atom is -0.320 e. The van der Waals surface area contributed by atoms with Crippen molar-refractivity contribution >= 4 is 22.9 Å². The first-order valence-electron chi connectivity index (χ1n) is 6.65. The number of hydrogen-bond donors (Lipinski definition) is 1. The summed E-state index contributed by atoms with van der Waals surface area (Å²) < 4.78 is 63.8. The number of nitrogens with zero attached hydrogens (tertiary/aromatic N) is 2. The second-order valence-electron chi connectivity index (χ2n) is 4.82. The second-order valence-corrected chi connectivity index (χ2v) is 5.82. The molecule has 0 aliphatic carbocycles. The molecule has 0 unspecified atom stereocenters. The molecule has 0 aliphatic heterocycles. The molecule has 1 N–H and O–H groups in total. The zero-order chi connectivity index (χ0) is 18.8. The fourth-order valence-electron chi connectivity index (χ4n) is 1.90. The topological polar surface area (TPSA) is 73.1 Å². The highest BCUT2D eigenvalue weighted by Gasteiger charge is 2.29. The first-order valence-corrected chi connectivity index (χ1v) is 7.46. The van der Waals surface area contributed by atoms with Crippen molar-refractivity contribution in [2.24, 2.45) is 0 Å². The Labute approximate surface area is 141 Å². The Kier molecular flexibility index (Phi) is 5.40. The molecule has 0 bridgehead atoms. The van der Waals surface area contributed by atoms with Gasteiger partial charge in [-0.15, -0.1) is 0 Å². The summed E-state index contributed by atoms with van der Waals surface area (Å²) in [5, 5.41) is 2.14. The van der Waals surface area contributed by atoms with Crippen LogP contribution in [0.5, 0.6) is 0 Å². The van der Waals surface area contributed by atoms with Crippen molar-refractivity contribution in [1.82, 2.24) is 9.13 Å². The molecule has 2 rings (SSSR count). The smallest absolute Gasteiger partial charge is 0.320 e. The average molecular weight is 385 g/mol. The van der Waals surface area contributed by atoms with Crippen LogP contribution in [0.1, 0.15) is 11.1 Å². The zero-order valence-corrected chi connectivity index (χ0v) is 13.1. The van der Waals surface area contributed by atoms with E-state index in [1.54, 1.807) is 0 Å². The molecule has 6 nitrogen and oxygen atoms in total. The number of alkyl halides is 4. The number of carbonyl (C=O) groups excluding carboxylic acids is 1. The Morgan fingerprint density at radius 2 is 1.92 bits per heavy atom. The molecular formula is C13H12F5N3O3S. The lowest BCUT2D eigenvalue weighted by Crippen LogP contribution is -2.25. The monoisotopic (exact) mass is 385 g/mol. The quantitative estimate of drug-likeness (QED) is 0.803. The number of nitrogens with one attached hydrogen (secondary N) is 1. The first-order chi connectivity index (χ1) is 11.6. The van der Waals surface area contributed by atoms with E-state index in [-0.39, 0.29) is 23.3 Å². The molecule has 138 valence electrons. The van der Waals surface area contributed by atoms with Crippen LogP contribution in [0, 0.1) is 5.82 Å². The van der Waals surface area contributed by atoms with Gasteiger partial charge in [0.25, 0.3) is 11.5 Å². The third kappa shape index (κ3) is 4.75. The number of hydrogen-bond acceptors (Lipinski definition) is 4. The van der Waals surface area contributed by atoms with Crippen LogP contribution >= 0.6 is 11.3 Å². The summed E-state index contributed by atoms with van der Waals surface area (Å²) in [7, 11) is 0. The van der Waals surface area contributed by atoms with E-state index in [1.165, 1.54) is 0 Å². The molecule has 0 saturated heterocycles. The van der Waals surface area contributed by atoms with E-state index in [4.69, 9.17) is 0 Å². The number of anilines is 1. The molecule has 0 spiro atoms. The standard InChI is InChI=1S/C13H10F5N3O3S.H2/c14-1-2-20-4-7(3-8(15)11(20)23)19-10(22)9-5-21(12(24)25-9)6-13(16,17)18;/h3-5H,1-2,6H2,(H,19,22);1H. The van der Waals surface area contributed by atoms with Gasteiger partial charge in [-0.05, 0) is 0 Å². The van der Waals surface area contributed by atoms with Gasteiger partial charge < -0.3 is 9.88 Å². The van der Waals surface area contributed by atoms with Crippen molar-refractivity contribution < 1.29 is 28.2 Å². The molecule has 12 heteroatoms. The summed E-state index contributed by atoms with van der Waals surface area (Å²) in [6.45, 7) is -2.93. The molecule has 2 aromatic heterocycles. The van der Waals surface area contributed by atoms with Crippen LogP contribution in [0.3, 0.4) is 0 Å². The molecule has 0 aromatic carbocycles. The summed E-state index contributed by atoms with van der Waals surface area (Å²) in [4.78, 5) is 33.5. The van der Waals surface area contributed by atoms with Crippen LogP contribution < -0.4 is 15.7 Å². The molecule has 0 radical (unpaired) electrons.